The van der Waals surface area contributed by atoms with E-state index in [2.05, 4.69) is 10.3 Å². The Morgan fingerprint density at radius 2 is 2.47 bits per heavy atom. The van der Waals surface area contributed by atoms with Gasteiger partial charge in [0, 0.05) is 6.61 Å². The van der Waals surface area contributed by atoms with Gasteiger partial charge in [0.25, 0.3) is 0 Å². The van der Waals surface area contributed by atoms with E-state index < -0.39 is 0 Å². The molecule has 1 atom stereocenters. The number of anilines is 2. The summed E-state index contributed by atoms with van der Waals surface area (Å²) in [7, 11) is 0. The zero-order valence-electron chi connectivity index (χ0n) is 10.1. The summed E-state index contributed by atoms with van der Waals surface area (Å²) in [4.78, 5) is 4.36. The predicted molar refractivity (Wildman–Crippen MR) is 67.3 cm³/mol. The van der Waals surface area contributed by atoms with Gasteiger partial charge in [0.05, 0.1) is 24.9 Å². The van der Waals surface area contributed by atoms with Crippen molar-refractivity contribution in [2.45, 2.75) is 25.8 Å². The number of nitrogens with zero attached hydrogens (tertiary/aromatic N) is 1. The van der Waals surface area contributed by atoms with Gasteiger partial charge in [-0.2, -0.15) is 4.98 Å². The van der Waals surface area contributed by atoms with Gasteiger partial charge in [0.2, 0.25) is 5.88 Å². The van der Waals surface area contributed by atoms with E-state index in [4.69, 9.17) is 15.2 Å². The molecular formula is C12H19N3O2. The number of aromatic nitrogens is 1. The Labute approximate surface area is 101 Å². The average molecular weight is 237 g/mol. The Balaban J connectivity index is 2.01. The van der Waals surface area contributed by atoms with E-state index in [1.165, 1.54) is 0 Å². The maximum Gasteiger partial charge on any atom is 0.239 e. The third-order valence-electron chi connectivity index (χ3n) is 2.61. The number of ether oxygens (including phenoxy) is 2. The largest absolute Gasteiger partial charge is 0.476 e. The number of nitrogens with one attached hydrogen (secondary N) is 1. The summed E-state index contributed by atoms with van der Waals surface area (Å²) in [6.45, 7) is 4.23. The maximum atomic E-state index is 5.80. The zero-order valence-corrected chi connectivity index (χ0v) is 10.1. The lowest BCUT2D eigenvalue weighted by Crippen LogP contribution is -2.19. The molecule has 3 N–H and O–H groups in total. The molecular weight excluding hydrogens is 218 g/mol. The van der Waals surface area contributed by atoms with Crippen LogP contribution in [0.3, 0.4) is 0 Å². The molecule has 1 aromatic heterocycles. The van der Waals surface area contributed by atoms with Gasteiger partial charge in [0.1, 0.15) is 5.82 Å². The van der Waals surface area contributed by atoms with Gasteiger partial charge in [-0.1, -0.05) is 6.92 Å². The Bertz CT molecular complexity index is 365. The van der Waals surface area contributed by atoms with Crippen LogP contribution in [-0.4, -0.2) is 30.8 Å². The molecule has 2 rings (SSSR count). The van der Waals surface area contributed by atoms with Gasteiger partial charge in [-0.25, -0.2) is 0 Å². The number of hydrogen-bond donors (Lipinski definition) is 2. The fraction of sp³-hybridized carbons (Fsp3) is 0.583. The fourth-order valence-electron chi connectivity index (χ4n) is 1.70. The first-order valence-electron chi connectivity index (χ1n) is 6.03. The van der Waals surface area contributed by atoms with Gasteiger partial charge < -0.3 is 20.5 Å². The van der Waals surface area contributed by atoms with Crippen molar-refractivity contribution in [2.75, 3.05) is 30.9 Å². The van der Waals surface area contributed by atoms with Crippen molar-refractivity contribution in [1.82, 2.24) is 4.98 Å². The highest BCUT2D eigenvalue weighted by Gasteiger charge is 2.16. The Hall–Kier alpha value is -1.49. The summed E-state index contributed by atoms with van der Waals surface area (Å²) in [6.07, 6.45) is 1.95. The molecule has 0 bridgehead atoms. The van der Waals surface area contributed by atoms with Crippen molar-refractivity contribution in [3.05, 3.63) is 12.1 Å². The topological polar surface area (TPSA) is 69.4 Å². The summed E-state index contributed by atoms with van der Waals surface area (Å²) in [5, 5.41) is 3.31. The normalized spacial score (nSPS) is 19.2. The quantitative estimate of drug-likeness (QED) is 0.815. The SMILES string of the molecule is CCCOc1nc(NC2CCOC2)ccc1N. The first kappa shape index (κ1) is 12.0. The van der Waals surface area contributed by atoms with Crippen LogP contribution < -0.4 is 15.8 Å². The molecule has 5 heteroatoms. The maximum absolute atomic E-state index is 5.80. The predicted octanol–water partition coefficient (Wildman–Crippen LogP) is 1.65. The molecule has 17 heavy (non-hydrogen) atoms. The molecule has 2 heterocycles. The summed E-state index contributed by atoms with van der Waals surface area (Å²) < 4.78 is 10.8. The number of nitrogens with two attached hydrogens (primary N) is 1. The van der Waals surface area contributed by atoms with Crippen LogP contribution in [0.1, 0.15) is 19.8 Å². The third-order valence-corrected chi connectivity index (χ3v) is 2.61. The third kappa shape index (κ3) is 3.23. The molecule has 0 saturated carbocycles. The lowest BCUT2D eigenvalue weighted by atomic mass is 10.2. The van der Waals surface area contributed by atoms with E-state index in [-0.39, 0.29) is 0 Å². The number of pyridine rings is 1. The summed E-state index contributed by atoms with van der Waals surface area (Å²) in [5.41, 5.74) is 6.37. The van der Waals surface area contributed by atoms with Gasteiger partial charge >= 0.3 is 0 Å². The molecule has 5 nitrogen and oxygen atoms in total. The van der Waals surface area contributed by atoms with Crippen LogP contribution >= 0.6 is 0 Å². The van der Waals surface area contributed by atoms with Crippen molar-refractivity contribution in [3.63, 3.8) is 0 Å². The lowest BCUT2D eigenvalue weighted by molar-refractivity contribution is 0.195. The van der Waals surface area contributed by atoms with Gasteiger partial charge in [-0.15, -0.1) is 0 Å². The van der Waals surface area contributed by atoms with Crippen molar-refractivity contribution < 1.29 is 9.47 Å². The molecule has 94 valence electrons. The zero-order chi connectivity index (χ0) is 12.1. The van der Waals surface area contributed by atoms with Crippen molar-refractivity contribution >= 4 is 11.5 Å². The van der Waals surface area contributed by atoms with E-state index in [0.717, 1.165) is 31.9 Å². The van der Waals surface area contributed by atoms with Crippen molar-refractivity contribution in [1.29, 1.82) is 0 Å². The fourth-order valence-corrected chi connectivity index (χ4v) is 1.70. The van der Waals surface area contributed by atoms with Crippen LogP contribution in [0.5, 0.6) is 5.88 Å². The molecule has 1 saturated heterocycles. The second-order valence-electron chi connectivity index (χ2n) is 4.14. The van der Waals surface area contributed by atoms with Crippen LogP contribution in [0.25, 0.3) is 0 Å². The molecule has 1 aliphatic rings. The molecule has 1 aromatic rings. The highest BCUT2D eigenvalue weighted by Crippen LogP contribution is 2.22. The monoisotopic (exact) mass is 237 g/mol. The first-order chi connectivity index (χ1) is 8.29. The van der Waals surface area contributed by atoms with Gasteiger partial charge in [0.15, 0.2) is 0 Å². The van der Waals surface area contributed by atoms with Crippen LogP contribution in [0.15, 0.2) is 12.1 Å². The van der Waals surface area contributed by atoms with E-state index in [1.807, 2.05) is 19.1 Å². The highest BCUT2D eigenvalue weighted by atomic mass is 16.5. The van der Waals surface area contributed by atoms with Gasteiger partial charge in [-0.3, -0.25) is 0 Å². The summed E-state index contributed by atoms with van der Waals surface area (Å²) >= 11 is 0. The van der Waals surface area contributed by atoms with Crippen molar-refractivity contribution in [3.8, 4) is 5.88 Å². The second kappa shape index (κ2) is 5.72. The molecule has 1 fully saturated rings. The minimum absolute atomic E-state index is 0.338. The minimum Gasteiger partial charge on any atom is -0.476 e. The van der Waals surface area contributed by atoms with Crippen LogP contribution in [-0.2, 0) is 4.74 Å². The Kier molecular flexibility index (Phi) is 4.03. The number of nitrogen functional groups attached to an aromatic ring is 1. The first-order valence-corrected chi connectivity index (χ1v) is 6.03. The summed E-state index contributed by atoms with van der Waals surface area (Å²) in [5.74, 6) is 1.30. The van der Waals surface area contributed by atoms with Crippen molar-refractivity contribution in [2.24, 2.45) is 0 Å². The number of hydrogen-bond acceptors (Lipinski definition) is 5. The molecule has 0 aliphatic carbocycles. The molecule has 1 unspecified atom stereocenters. The molecule has 0 amide bonds. The average Bonchev–Trinajstić information content (AvgIpc) is 2.82. The number of rotatable bonds is 5. The van der Waals surface area contributed by atoms with Crippen LogP contribution in [0.2, 0.25) is 0 Å². The van der Waals surface area contributed by atoms with E-state index >= 15 is 0 Å². The molecule has 0 aromatic carbocycles. The molecule has 1 aliphatic heterocycles. The Morgan fingerprint density at radius 3 is 3.18 bits per heavy atom. The minimum atomic E-state index is 0.338. The van der Waals surface area contributed by atoms with Crippen LogP contribution in [0, 0.1) is 0 Å². The molecule has 0 spiro atoms. The smallest absolute Gasteiger partial charge is 0.239 e. The van der Waals surface area contributed by atoms with E-state index in [9.17, 15) is 0 Å². The highest BCUT2D eigenvalue weighted by molar-refractivity contribution is 5.53. The van der Waals surface area contributed by atoms with Crippen LogP contribution in [0.4, 0.5) is 11.5 Å². The van der Waals surface area contributed by atoms with Gasteiger partial charge in [-0.05, 0) is 25.0 Å². The summed E-state index contributed by atoms with van der Waals surface area (Å²) in [6, 6.07) is 4.02. The standard InChI is InChI=1S/C12H19N3O2/c1-2-6-17-12-10(13)3-4-11(15-12)14-9-5-7-16-8-9/h3-4,9H,2,5-8,13H2,1H3,(H,14,15). The van der Waals surface area contributed by atoms with E-state index in [1.54, 1.807) is 0 Å². The second-order valence-corrected chi connectivity index (χ2v) is 4.14. The lowest BCUT2D eigenvalue weighted by Gasteiger charge is -2.13. The van der Waals surface area contributed by atoms with E-state index in [0.29, 0.717) is 24.2 Å². The molecule has 0 radical (unpaired) electrons. The Morgan fingerprint density at radius 1 is 1.59 bits per heavy atom.